The zero-order valence-electron chi connectivity index (χ0n) is 14.8. The zero-order valence-corrected chi connectivity index (χ0v) is 14.8. The number of nitrogens with zero attached hydrogens (tertiary/aromatic N) is 3. The molecule has 0 unspecified atom stereocenters. The summed E-state index contributed by atoms with van der Waals surface area (Å²) in [5, 5.41) is 6.83. The van der Waals surface area contributed by atoms with Crippen molar-refractivity contribution in [3.8, 4) is 22.8 Å². The molecule has 2 aromatic carbocycles. The van der Waals surface area contributed by atoms with Crippen molar-refractivity contribution >= 4 is 5.91 Å². The van der Waals surface area contributed by atoms with Crippen molar-refractivity contribution in [3.63, 3.8) is 0 Å². The summed E-state index contributed by atoms with van der Waals surface area (Å²) in [4.78, 5) is 25.0. The predicted octanol–water partition coefficient (Wildman–Crippen LogP) is 1.80. The van der Waals surface area contributed by atoms with Crippen molar-refractivity contribution in [1.82, 2.24) is 19.7 Å². The SMILES string of the molecule is COc1ccc(-n2nc(-c3ccccc3)n(CC(=O)NCCF)c2=O)cc1. The minimum atomic E-state index is -0.669. The van der Waals surface area contributed by atoms with Gasteiger partial charge in [-0.15, -0.1) is 5.10 Å². The van der Waals surface area contributed by atoms with Crippen LogP contribution in [-0.2, 0) is 11.3 Å². The van der Waals surface area contributed by atoms with Gasteiger partial charge in [-0.25, -0.2) is 9.18 Å². The van der Waals surface area contributed by atoms with E-state index in [1.54, 1.807) is 43.5 Å². The number of hydrogen-bond acceptors (Lipinski definition) is 4. The highest BCUT2D eigenvalue weighted by atomic mass is 19.1. The highest BCUT2D eigenvalue weighted by Gasteiger charge is 2.18. The van der Waals surface area contributed by atoms with E-state index in [0.717, 1.165) is 0 Å². The van der Waals surface area contributed by atoms with Gasteiger partial charge in [0, 0.05) is 12.1 Å². The van der Waals surface area contributed by atoms with E-state index >= 15 is 0 Å². The molecule has 0 aliphatic heterocycles. The molecule has 1 N–H and O–H groups in total. The maximum Gasteiger partial charge on any atom is 0.351 e. The number of amides is 1. The lowest BCUT2D eigenvalue weighted by atomic mass is 10.2. The van der Waals surface area contributed by atoms with E-state index in [9.17, 15) is 14.0 Å². The number of methoxy groups -OCH3 is 1. The van der Waals surface area contributed by atoms with Crippen molar-refractivity contribution in [3.05, 3.63) is 65.1 Å². The second-order valence-corrected chi connectivity index (χ2v) is 5.71. The summed E-state index contributed by atoms with van der Waals surface area (Å²) in [5.74, 6) is 0.549. The van der Waals surface area contributed by atoms with Crippen LogP contribution in [0.2, 0.25) is 0 Å². The second kappa shape index (κ2) is 8.31. The van der Waals surface area contributed by atoms with Gasteiger partial charge >= 0.3 is 5.69 Å². The molecule has 27 heavy (non-hydrogen) atoms. The summed E-state index contributed by atoms with van der Waals surface area (Å²) in [6.45, 7) is -1.02. The number of rotatable bonds is 7. The van der Waals surface area contributed by atoms with Gasteiger partial charge in [0.25, 0.3) is 0 Å². The minimum Gasteiger partial charge on any atom is -0.497 e. The van der Waals surface area contributed by atoms with Gasteiger partial charge < -0.3 is 10.1 Å². The number of aromatic nitrogens is 3. The van der Waals surface area contributed by atoms with E-state index < -0.39 is 18.3 Å². The van der Waals surface area contributed by atoms with Crippen LogP contribution < -0.4 is 15.7 Å². The molecular weight excluding hydrogens is 351 g/mol. The van der Waals surface area contributed by atoms with E-state index in [4.69, 9.17) is 4.74 Å². The second-order valence-electron chi connectivity index (χ2n) is 5.71. The fourth-order valence-corrected chi connectivity index (χ4v) is 2.62. The molecule has 0 atom stereocenters. The molecule has 1 heterocycles. The van der Waals surface area contributed by atoms with Crippen LogP contribution in [0, 0.1) is 0 Å². The molecule has 7 nitrogen and oxygen atoms in total. The van der Waals surface area contributed by atoms with E-state index in [0.29, 0.717) is 22.8 Å². The fourth-order valence-electron chi connectivity index (χ4n) is 2.62. The molecular formula is C19H19FN4O3. The molecule has 8 heteroatoms. The molecule has 1 amide bonds. The Kier molecular flexibility index (Phi) is 5.65. The Morgan fingerprint density at radius 2 is 1.85 bits per heavy atom. The smallest absolute Gasteiger partial charge is 0.351 e. The van der Waals surface area contributed by atoms with Gasteiger partial charge in [0.1, 0.15) is 19.0 Å². The van der Waals surface area contributed by atoms with Crippen molar-refractivity contribution < 1.29 is 13.9 Å². The predicted molar refractivity (Wildman–Crippen MR) is 98.8 cm³/mol. The van der Waals surface area contributed by atoms with Crippen LogP contribution in [0.5, 0.6) is 5.75 Å². The van der Waals surface area contributed by atoms with Crippen molar-refractivity contribution in [2.45, 2.75) is 6.54 Å². The molecule has 0 aliphatic rings. The molecule has 1 aromatic heterocycles. The Morgan fingerprint density at radius 3 is 2.48 bits per heavy atom. The summed E-state index contributed by atoms with van der Waals surface area (Å²) >= 11 is 0. The van der Waals surface area contributed by atoms with E-state index in [1.165, 1.54) is 9.25 Å². The third kappa shape index (κ3) is 4.05. The maximum atomic E-state index is 12.9. The summed E-state index contributed by atoms with van der Waals surface area (Å²) < 4.78 is 19.9. The standard InChI is InChI=1S/C19H19FN4O3/c1-27-16-9-7-15(8-10-16)24-19(26)23(13-17(25)21-12-11-20)18(22-24)14-5-3-2-4-6-14/h2-10H,11-13H2,1H3,(H,21,25). The summed E-state index contributed by atoms with van der Waals surface area (Å²) in [6, 6.07) is 15.9. The van der Waals surface area contributed by atoms with Crippen LogP contribution >= 0.6 is 0 Å². The summed E-state index contributed by atoms with van der Waals surface area (Å²) in [7, 11) is 1.56. The van der Waals surface area contributed by atoms with E-state index in [1.807, 2.05) is 18.2 Å². The number of carbonyl (C=O) groups excluding carboxylic acids is 1. The maximum absolute atomic E-state index is 12.9. The third-order valence-corrected chi connectivity index (χ3v) is 3.93. The number of carbonyl (C=O) groups is 1. The van der Waals surface area contributed by atoms with Gasteiger partial charge in [0.15, 0.2) is 5.82 Å². The molecule has 0 bridgehead atoms. The normalized spacial score (nSPS) is 10.6. The first kappa shape index (κ1) is 18.4. The fraction of sp³-hybridized carbons (Fsp3) is 0.211. The molecule has 0 aliphatic carbocycles. The number of halogens is 1. The van der Waals surface area contributed by atoms with Crippen LogP contribution in [0.3, 0.4) is 0 Å². The molecule has 0 fully saturated rings. The van der Waals surface area contributed by atoms with Gasteiger partial charge in [-0.1, -0.05) is 30.3 Å². The molecule has 0 spiro atoms. The van der Waals surface area contributed by atoms with Crippen LogP contribution in [-0.4, -0.2) is 40.6 Å². The molecule has 140 valence electrons. The van der Waals surface area contributed by atoms with Gasteiger partial charge in [0.2, 0.25) is 5.91 Å². The average Bonchev–Trinajstić information content (AvgIpc) is 3.03. The largest absolute Gasteiger partial charge is 0.497 e. The topological polar surface area (TPSA) is 78.2 Å². The monoisotopic (exact) mass is 370 g/mol. The number of alkyl halides is 1. The molecule has 3 aromatic rings. The molecule has 3 rings (SSSR count). The first-order valence-electron chi connectivity index (χ1n) is 8.36. The van der Waals surface area contributed by atoms with Crippen molar-refractivity contribution in [1.29, 1.82) is 0 Å². The van der Waals surface area contributed by atoms with Crippen molar-refractivity contribution in [2.24, 2.45) is 0 Å². The third-order valence-electron chi connectivity index (χ3n) is 3.93. The lowest BCUT2D eigenvalue weighted by Gasteiger charge is -2.06. The zero-order chi connectivity index (χ0) is 19.2. The number of benzene rings is 2. The molecule has 0 saturated heterocycles. The van der Waals surface area contributed by atoms with Crippen LogP contribution in [0.4, 0.5) is 4.39 Å². The van der Waals surface area contributed by atoms with Gasteiger partial charge in [0.05, 0.1) is 12.8 Å². The van der Waals surface area contributed by atoms with Gasteiger partial charge in [-0.05, 0) is 24.3 Å². The number of ether oxygens (including phenoxy) is 1. The lowest BCUT2D eigenvalue weighted by Crippen LogP contribution is -2.34. The van der Waals surface area contributed by atoms with Crippen molar-refractivity contribution in [2.75, 3.05) is 20.3 Å². The Hall–Kier alpha value is -3.42. The van der Waals surface area contributed by atoms with Crippen LogP contribution in [0.1, 0.15) is 0 Å². The highest BCUT2D eigenvalue weighted by Crippen LogP contribution is 2.18. The first-order chi connectivity index (χ1) is 13.1. The van der Waals surface area contributed by atoms with E-state index in [-0.39, 0.29) is 13.1 Å². The quantitative estimate of drug-likeness (QED) is 0.688. The Balaban J connectivity index is 2.05. The average molecular weight is 370 g/mol. The number of nitrogens with one attached hydrogen (secondary N) is 1. The Labute approximate surface area is 155 Å². The van der Waals surface area contributed by atoms with Crippen LogP contribution in [0.25, 0.3) is 17.1 Å². The number of hydrogen-bond donors (Lipinski definition) is 1. The Morgan fingerprint density at radius 1 is 1.15 bits per heavy atom. The summed E-state index contributed by atoms with van der Waals surface area (Å²) in [6.07, 6.45) is 0. The molecule has 0 saturated carbocycles. The highest BCUT2D eigenvalue weighted by molar-refractivity contribution is 5.76. The lowest BCUT2D eigenvalue weighted by molar-refractivity contribution is -0.121. The van der Waals surface area contributed by atoms with Gasteiger partial charge in [-0.2, -0.15) is 4.68 Å². The first-order valence-corrected chi connectivity index (χ1v) is 8.36. The van der Waals surface area contributed by atoms with E-state index in [2.05, 4.69) is 10.4 Å². The Bertz CT molecular complexity index is 965. The summed E-state index contributed by atoms with van der Waals surface area (Å²) in [5.41, 5.74) is 0.774. The van der Waals surface area contributed by atoms with Crippen LogP contribution in [0.15, 0.2) is 59.4 Å². The minimum absolute atomic E-state index is 0.0964. The van der Waals surface area contributed by atoms with Gasteiger partial charge in [-0.3, -0.25) is 9.36 Å². The molecule has 0 radical (unpaired) electrons.